The van der Waals surface area contributed by atoms with Crippen molar-refractivity contribution in [1.82, 2.24) is 0 Å². The van der Waals surface area contributed by atoms with E-state index in [2.05, 4.69) is 0 Å². The van der Waals surface area contributed by atoms with Crippen LogP contribution in [0.5, 0.6) is 0 Å². The van der Waals surface area contributed by atoms with Gasteiger partial charge < -0.3 is 20.3 Å². The van der Waals surface area contributed by atoms with Crippen LogP contribution in [0.2, 0.25) is 0 Å². The molecule has 3 N–H and O–H groups in total. The molecular formula is C18H31NO6. The third-order valence-electron chi connectivity index (χ3n) is 4.52. The summed E-state index contributed by atoms with van der Waals surface area (Å²) in [7, 11) is 0. The van der Waals surface area contributed by atoms with Crippen molar-refractivity contribution in [2.45, 2.75) is 78.6 Å². The zero-order valence-electron chi connectivity index (χ0n) is 15.6. The standard InChI is InChI=1S/C18H31NO6/c1-5-6-13(25-17(23)18(2,3)4)24-16(22)14(19)11-7-9-12(10-8-11)15(20)21/h11-14H,5-10,19H2,1-4H3,(H,20,21)/t11-,12-,13?,14?. The van der Waals surface area contributed by atoms with Crippen LogP contribution in [-0.2, 0) is 23.9 Å². The number of nitrogens with two attached hydrogens (primary N) is 1. The van der Waals surface area contributed by atoms with Crippen molar-refractivity contribution in [3.8, 4) is 0 Å². The molecular weight excluding hydrogens is 326 g/mol. The van der Waals surface area contributed by atoms with E-state index in [9.17, 15) is 14.4 Å². The van der Waals surface area contributed by atoms with Crippen molar-refractivity contribution in [3.05, 3.63) is 0 Å². The van der Waals surface area contributed by atoms with Crippen LogP contribution in [0.25, 0.3) is 0 Å². The van der Waals surface area contributed by atoms with E-state index in [4.69, 9.17) is 20.3 Å². The molecule has 0 aromatic heterocycles. The zero-order valence-corrected chi connectivity index (χ0v) is 15.6. The highest BCUT2D eigenvalue weighted by atomic mass is 16.7. The topological polar surface area (TPSA) is 116 Å². The normalized spacial score (nSPS) is 23.4. The van der Waals surface area contributed by atoms with E-state index in [0.717, 1.165) is 0 Å². The molecule has 1 fully saturated rings. The van der Waals surface area contributed by atoms with Crippen LogP contribution in [-0.4, -0.2) is 35.3 Å². The maximum atomic E-state index is 12.3. The molecule has 0 spiro atoms. The predicted octanol–water partition coefficient (Wildman–Crippen LogP) is 2.46. The summed E-state index contributed by atoms with van der Waals surface area (Å²) in [5.74, 6) is -2.30. The molecule has 0 aromatic carbocycles. The fraction of sp³-hybridized carbons (Fsp3) is 0.833. The molecule has 0 heterocycles. The summed E-state index contributed by atoms with van der Waals surface area (Å²) in [4.78, 5) is 35.3. The molecule has 1 saturated carbocycles. The number of carbonyl (C=O) groups excluding carboxylic acids is 2. The number of esters is 2. The van der Waals surface area contributed by atoms with Gasteiger partial charge in [-0.05, 0) is 58.8 Å². The largest absolute Gasteiger partial charge is 0.481 e. The number of carboxylic acid groups (broad SMARTS) is 1. The number of carboxylic acids is 1. The average molecular weight is 357 g/mol. The van der Waals surface area contributed by atoms with Crippen molar-refractivity contribution >= 4 is 17.9 Å². The molecule has 2 atom stereocenters. The third-order valence-corrected chi connectivity index (χ3v) is 4.52. The van der Waals surface area contributed by atoms with Crippen LogP contribution in [0.15, 0.2) is 0 Å². The van der Waals surface area contributed by atoms with Gasteiger partial charge in [-0.1, -0.05) is 6.92 Å². The Hall–Kier alpha value is -1.63. The zero-order chi connectivity index (χ0) is 19.2. The van der Waals surface area contributed by atoms with Crippen LogP contribution < -0.4 is 5.73 Å². The minimum Gasteiger partial charge on any atom is -0.481 e. The summed E-state index contributed by atoms with van der Waals surface area (Å²) in [6, 6.07) is -0.831. The van der Waals surface area contributed by atoms with Crippen LogP contribution in [0.4, 0.5) is 0 Å². The Labute approximate surface area is 149 Å². The van der Waals surface area contributed by atoms with E-state index >= 15 is 0 Å². The lowest BCUT2D eigenvalue weighted by Gasteiger charge is -2.30. The lowest BCUT2D eigenvalue weighted by molar-refractivity contribution is -0.196. The fourth-order valence-electron chi connectivity index (χ4n) is 2.80. The van der Waals surface area contributed by atoms with Crippen molar-refractivity contribution < 1.29 is 29.0 Å². The minimum absolute atomic E-state index is 0.108. The van der Waals surface area contributed by atoms with Gasteiger partial charge in [0.05, 0.1) is 11.3 Å². The van der Waals surface area contributed by atoms with Crippen LogP contribution in [0, 0.1) is 17.3 Å². The molecule has 0 aromatic rings. The second-order valence-corrected chi connectivity index (χ2v) is 7.79. The maximum absolute atomic E-state index is 12.3. The second kappa shape index (κ2) is 9.17. The second-order valence-electron chi connectivity index (χ2n) is 7.79. The Kier molecular flexibility index (Phi) is 7.86. The molecule has 1 rings (SSSR count). The maximum Gasteiger partial charge on any atom is 0.326 e. The van der Waals surface area contributed by atoms with Gasteiger partial charge in [0.2, 0.25) is 6.29 Å². The number of rotatable bonds is 7. The van der Waals surface area contributed by atoms with E-state index in [1.54, 1.807) is 20.8 Å². The molecule has 1 aliphatic rings. The van der Waals surface area contributed by atoms with E-state index in [1.165, 1.54) is 0 Å². The van der Waals surface area contributed by atoms with E-state index in [1.807, 2.05) is 6.92 Å². The van der Waals surface area contributed by atoms with Gasteiger partial charge in [-0.15, -0.1) is 0 Å². The Morgan fingerprint density at radius 3 is 2.12 bits per heavy atom. The fourth-order valence-corrected chi connectivity index (χ4v) is 2.80. The third kappa shape index (κ3) is 6.65. The molecule has 2 unspecified atom stereocenters. The van der Waals surface area contributed by atoms with E-state index in [0.29, 0.717) is 38.5 Å². The van der Waals surface area contributed by atoms with Crippen molar-refractivity contribution in [2.24, 2.45) is 23.0 Å². The average Bonchev–Trinajstić information content (AvgIpc) is 2.53. The van der Waals surface area contributed by atoms with Crippen molar-refractivity contribution in [1.29, 1.82) is 0 Å². The molecule has 25 heavy (non-hydrogen) atoms. The first kappa shape index (κ1) is 21.4. The van der Waals surface area contributed by atoms with E-state index in [-0.39, 0.29) is 11.8 Å². The Morgan fingerprint density at radius 1 is 1.12 bits per heavy atom. The van der Waals surface area contributed by atoms with Gasteiger partial charge >= 0.3 is 17.9 Å². The number of aliphatic carboxylic acids is 1. The molecule has 1 aliphatic carbocycles. The van der Waals surface area contributed by atoms with Crippen molar-refractivity contribution in [2.75, 3.05) is 0 Å². The molecule has 0 radical (unpaired) electrons. The van der Waals surface area contributed by atoms with Gasteiger partial charge in [0.15, 0.2) is 0 Å². The van der Waals surface area contributed by atoms with Crippen LogP contribution in [0.1, 0.15) is 66.2 Å². The summed E-state index contributed by atoms with van der Waals surface area (Å²) in [6.45, 7) is 7.09. The highest BCUT2D eigenvalue weighted by Gasteiger charge is 2.34. The molecule has 7 heteroatoms. The number of carbonyl (C=O) groups is 3. The van der Waals surface area contributed by atoms with Gasteiger partial charge in [-0.2, -0.15) is 0 Å². The van der Waals surface area contributed by atoms with Gasteiger partial charge in [-0.25, -0.2) is 0 Å². The van der Waals surface area contributed by atoms with E-state index < -0.39 is 35.7 Å². The number of ether oxygens (including phenoxy) is 2. The molecule has 0 bridgehead atoms. The summed E-state index contributed by atoms with van der Waals surface area (Å²) >= 11 is 0. The smallest absolute Gasteiger partial charge is 0.326 e. The van der Waals surface area contributed by atoms with Gasteiger partial charge in [0.25, 0.3) is 0 Å². The summed E-state index contributed by atoms with van der Waals surface area (Å²) in [5.41, 5.74) is 5.33. The Morgan fingerprint density at radius 2 is 1.68 bits per heavy atom. The summed E-state index contributed by atoms with van der Waals surface area (Å²) in [5, 5.41) is 9.03. The van der Waals surface area contributed by atoms with Crippen LogP contribution >= 0.6 is 0 Å². The predicted molar refractivity (Wildman–Crippen MR) is 91.4 cm³/mol. The highest BCUT2D eigenvalue weighted by molar-refractivity contribution is 5.77. The SMILES string of the molecule is CCCC(OC(=O)C(N)[C@H]1CC[C@H](C(=O)O)CC1)OC(=O)C(C)(C)C. The molecule has 0 saturated heterocycles. The van der Waals surface area contributed by atoms with Gasteiger partial charge in [0.1, 0.15) is 6.04 Å². The van der Waals surface area contributed by atoms with Gasteiger partial charge in [0, 0.05) is 6.42 Å². The Balaban J connectivity index is 2.58. The molecule has 0 amide bonds. The van der Waals surface area contributed by atoms with Gasteiger partial charge in [-0.3, -0.25) is 14.4 Å². The molecule has 0 aliphatic heterocycles. The lowest BCUT2D eigenvalue weighted by atomic mass is 9.79. The van der Waals surface area contributed by atoms with Crippen LogP contribution in [0.3, 0.4) is 0 Å². The van der Waals surface area contributed by atoms with Crippen molar-refractivity contribution in [3.63, 3.8) is 0 Å². The minimum atomic E-state index is -0.939. The lowest BCUT2D eigenvalue weighted by Crippen LogP contribution is -2.44. The Bertz CT molecular complexity index is 476. The summed E-state index contributed by atoms with van der Waals surface area (Å²) in [6.07, 6.45) is 2.34. The monoisotopic (exact) mass is 357 g/mol. The quantitative estimate of drug-likeness (QED) is 0.531. The first-order chi connectivity index (χ1) is 11.6. The number of hydrogen-bond acceptors (Lipinski definition) is 6. The first-order valence-electron chi connectivity index (χ1n) is 8.96. The molecule has 144 valence electrons. The molecule has 7 nitrogen and oxygen atoms in total. The highest BCUT2D eigenvalue weighted by Crippen LogP contribution is 2.31. The summed E-state index contributed by atoms with van der Waals surface area (Å²) < 4.78 is 10.6. The first-order valence-corrected chi connectivity index (χ1v) is 8.96. The number of hydrogen-bond donors (Lipinski definition) is 2.